The number of carbonyl (C=O) groups is 1. The Morgan fingerprint density at radius 3 is 3.06 bits per heavy atom. The summed E-state index contributed by atoms with van der Waals surface area (Å²) >= 11 is 0. The van der Waals surface area contributed by atoms with Crippen LogP contribution in [-0.4, -0.2) is 10.8 Å². The third-order valence-electron chi connectivity index (χ3n) is 3.15. The highest BCUT2D eigenvalue weighted by Gasteiger charge is 2.13. The van der Waals surface area contributed by atoms with Crippen LogP contribution in [0.4, 0.5) is 5.69 Å². The van der Waals surface area contributed by atoms with Crippen LogP contribution < -0.4 is 10.6 Å². The molecule has 0 spiro atoms. The quantitative estimate of drug-likeness (QED) is 0.694. The molecule has 0 N–H and O–H groups in total. The number of ketones is 1. The molecule has 1 aromatic carbocycles. The average Bonchev–Trinajstić information content (AvgIpc) is 2.86. The summed E-state index contributed by atoms with van der Waals surface area (Å²) in [5.74, 6) is -0.0154. The average molecular weight is 233 g/mol. The second kappa shape index (κ2) is 3.20. The van der Waals surface area contributed by atoms with E-state index < -0.39 is 0 Å². The molecule has 2 aromatic rings. The molecule has 0 atom stereocenters. The van der Waals surface area contributed by atoms with Crippen LogP contribution in [0.2, 0.25) is 0 Å². The Bertz CT molecular complexity index is 891. The van der Waals surface area contributed by atoms with E-state index in [-0.39, 0.29) is 5.78 Å². The van der Waals surface area contributed by atoms with Crippen molar-refractivity contribution < 1.29 is 4.79 Å². The Balaban J connectivity index is 2.21. The van der Waals surface area contributed by atoms with Crippen molar-refractivity contribution in [2.75, 3.05) is 0 Å². The Morgan fingerprint density at radius 2 is 2.11 bits per heavy atom. The minimum atomic E-state index is -0.0154. The lowest BCUT2D eigenvalue weighted by molar-refractivity contribution is 0.104. The third kappa shape index (κ3) is 1.14. The molecule has 4 heteroatoms. The minimum Gasteiger partial charge on any atom is -0.289 e. The molecule has 84 valence electrons. The van der Waals surface area contributed by atoms with Crippen LogP contribution in [0.5, 0.6) is 0 Å². The molecule has 0 saturated heterocycles. The first-order chi connectivity index (χ1) is 8.83. The Morgan fingerprint density at radius 1 is 1.17 bits per heavy atom. The first-order valence-corrected chi connectivity index (χ1v) is 5.60. The molecule has 0 radical (unpaired) electrons. The molecule has 1 aromatic heterocycles. The molecule has 2 aliphatic rings. The molecule has 18 heavy (non-hydrogen) atoms. The zero-order valence-electron chi connectivity index (χ0n) is 9.29. The fourth-order valence-corrected chi connectivity index (χ4v) is 2.27. The van der Waals surface area contributed by atoms with Crippen LogP contribution >= 0.6 is 0 Å². The highest BCUT2D eigenvalue weighted by molar-refractivity contribution is 6.09. The van der Waals surface area contributed by atoms with Crippen molar-refractivity contribution in [2.24, 2.45) is 10.2 Å². The molecule has 1 aliphatic heterocycles. The van der Waals surface area contributed by atoms with E-state index >= 15 is 0 Å². The van der Waals surface area contributed by atoms with Gasteiger partial charge in [-0.1, -0.05) is 6.08 Å². The normalized spacial score (nSPS) is 15.2. The van der Waals surface area contributed by atoms with Gasteiger partial charge in [0.15, 0.2) is 5.78 Å². The number of aromatic nitrogens is 1. The second-order valence-corrected chi connectivity index (χ2v) is 4.23. The van der Waals surface area contributed by atoms with Crippen LogP contribution in [0.1, 0.15) is 10.4 Å². The molecule has 0 fully saturated rings. The number of rotatable bonds is 0. The van der Waals surface area contributed by atoms with Crippen molar-refractivity contribution in [1.82, 2.24) is 4.98 Å². The summed E-state index contributed by atoms with van der Waals surface area (Å²) in [6.45, 7) is 0. The minimum absolute atomic E-state index is 0.0154. The maximum atomic E-state index is 11.8. The molecular formula is C14H7N3O. The number of carbonyl (C=O) groups excluding carboxylic acids is 1. The van der Waals surface area contributed by atoms with Gasteiger partial charge in [-0.3, -0.25) is 4.79 Å². The number of pyridine rings is 1. The molecule has 1 aliphatic carbocycles. The van der Waals surface area contributed by atoms with Gasteiger partial charge in [0.2, 0.25) is 0 Å². The summed E-state index contributed by atoms with van der Waals surface area (Å²) in [6.07, 6.45) is 6.83. The van der Waals surface area contributed by atoms with E-state index in [9.17, 15) is 4.79 Å². The van der Waals surface area contributed by atoms with Crippen LogP contribution in [0.25, 0.3) is 23.2 Å². The van der Waals surface area contributed by atoms with E-state index in [2.05, 4.69) is 15.2 Å². The molecule has 4 nitrogen and oxygen atoms in total. The zero-order valence-corrected chi connectivity index (χ0v) is 9.29. The largest absolute Gasteiger partial charge is 0.289 e. The standard InChI is InChI=1S/C14H7N3O/c18-13-3-1-2-11-9(13)6-10-12(16-11)5-4-8-7-15-17-14(8)10/h1-7H. The van der Waals surface area contributed by atoms with Gasteiger partial charge in [0.05, 0.1) is 17.1 Å². The van der Waals surface area contributed by atoms with Crippen LogP contribution in [-0.2, 0) is 0 Å². The maximum absolute atomic E-state index is 11.8. The molecule has 0 amide bonds. The van der Waals surface area contributed by atoms with Gasteiger partial charge in [-0.25, -0.2) is 4.98 Å². The number of nitrogens with zero attached hydrogens (tertiary/aromatic N) is 3. The topological polar surface area (TPSA) is 54.7 Å². The van der Waals surface area contributed by atoms with Crippen molar-refractivity contribution >= 4 is 34.6 Å². The van der Waals surface area contributed by atoms with E-state index in [1.165, 1.54) is 0 Å². The molecule has 0 unspecified atom stereocenters. The third-order valence-corrected chi connectivity index (χ3v) is 3.15. The molecule has 2 heterocycles. The van der Waals surface area contributed by atoms with Crippen molar-refractivity contribution in [3.05, 3.63) is 46.5 Å². The second-order valence-electron chi connectivity index (χ2n) is 4.23. The summed E-state index contributed by atoms with van der Waals surface area (Å²) in [6, 6.07) is 5.73. The van der Waals surface area contributed by atoms with Gasteiger partial charge in [-0.05, 0) is 30.4 Å². The Hall–Kier alpha value is -2.62. The summed E-state index contributed by atoms with van der Waals surface area (Å²) < 4.78 is 0. The highest BCUT2D eigenvalue weighted by Crippen LogP contribution is 2.24. The van der Waals surface area contributed by atoms with E-state index in [0.717, 1.165) is 21.8 Å². The number of hydrogen-bond donors (Lipinski definition) is 0. The molecule has 0 saturated carbocycles. The Labute approximate surface area is 102 Å². The van der Waals surface area contributed by atoms with Crippen molar-refractivity contribution in [3.63, 3.8) is 0 Å². The number of hydrogen-bond acceptors (Lipinski definition) is 4. The molecular weight excluding hydrogens is 226 g/mol. The monoisotopic (exact) mass is 233 g/mol. The van der Waals surface area contributed by atoms with Crippen LogP contribution in [0.3, 0.4) is 0 Å². The molecule has 0 bridgehead atoms. The lowest BCUT2D eigenvalue weighted by atomic mass is 10.0. The van der Waals surface area contributed by atoms with E-state index in [4.69, 9.17) is 0 Å². The lowest BCUT2D eigenvalue weighted by Gasteiger charge is -2.05. The van der Waals surface area contributed by atoms with Gasteiger partial charge in [-0.2, -0.15) is 5.11 Å². The summed E-state index contributed by atoms with van der Waals surface area (Å²) in [5, 5.41) is 10.5. The van der Waals surface area contributed by atoms with E-state index in [0.29, 0.717) is 10.9 Å². The summed E-state index contributed by atoms with van der Waals surface area (Å²) in [4.78, 5) is 16.3. The van der Waals surface area contributed by atoms with Gasteiger partial charge >= 0.3 is 0 Å². The fourth-order valence-electron chi connectivity index (χ4n) is 2.27. The van der Waals surface area contributed by atoms with Crippen molar-refractivity contribution in [2.45, 2.75) is 0 Å². The predicted molar refractivity (Wildman–Crippen MR) is 67.9 cm³/mol. The number of benzene rings is 1. The molecule has 4 rings (SSSR count). The fraction of sp³-hybridized carbons (Fsp3) is 0. The van der Waals surface area contributed by atoms with Crippen LogP contribution in [0, 0.1) is 0 Å². The predicted octanol–water partition coefficient (Wildman–Crippen LogP) is 1.60. The van der Waals surface area contributed by atoms with Gasteiger partial charge in [0.1, 0.15) is 5.69 Å². The van der Waals surface area contributed by atoms with Crippen molar-refractivity contribution in [1.29, 1.82) is 0 Å². The van der Waals surface area contributed by atoms with E-state index in [1.54, 1.807) is 18.4 Å². The maximum Gasteiger partial charge on any atom is 0.188 e. The zero-order chi connectivity index (χ0) is 12.1. The summed E-state index contributed by atoms with van der Waals surface area (Å²) in [7, 11) is 0. The smallest absolute Gasteiger partial charge is 0.188 e. The van der Waals surface area contributed by atoms with Gasteiger partial charge in [0.25, 0.3) is 0 Å². The number of allylic oxidation sites excluding steroid dienone is 2. The first kappa shape index (κ1) is 9.41. The highest BCUT2D eigenvalue weighted by atomic mass is 16.1. The van der Waals surface area contributed by atoms with Gasteiger partial charge < -0.3 is 0 Å². The Kier molecular flexibility index (Phi) is 1.67. The number of azo groups is 1. The SMILES string of the molecule is O=C1C=CC=c2nc3ccc4c(c3cc21)N=NC=4. The van der Waals surface area contributed by atoms with Crippen molar-refractivity contribution in [3.8, 4) is 0 Å². The van der Waals surface area contributed by atoms with Crippen LogP contribution in [0.15, 0.2) is 40.6 Å². The summed E-state index contributed by atoms with van der Waals surface area (Å²) in [5.41, 5.74) is 2.26. The van der Waals surface area contributed by atoms with Gasteiger partial charge in [0, 0.05) is 16.2 Å². The van der Waals surface area contributed by atoms with Gasteiger partial charge in [-0.15, -0.1) is 5.11 Å². The number of fused-ring (bicyclic) bond motifs is 4. The van der Waals surface area contributed by atoms with E-state index in [1.807, 2.05) is 24.3 Å². The first-order valence-electron chi connectivity index (χ1n) is 5.60. The lowest BCUT2D eigenvalue weighted by Crippen LogP contribution is -2.20.